The molecule has 2 aromatic rings. The number of rotatable bonds is 3. The van der Waals surface area contributed by atoms with E-state index >= 15 is 0 Å². The van der Waals surface area contributed by atoms with Gasteiger partial charge in [0, 0.05) is 11.3 Å². The molecule has 2 rings (SSSR count). The molecule has 1 amide bonds. The Kier molecular flexibility index (Phi) is 3.89. The molecule has 0 atom stereocenters. The summed E-state index contributed by atoms with van der Waals surface area (Å²) in [4.78, 5) is 22.9. The molecule has 21 heavy (non-hydrogen) atoms. The molecule has 0 aromatic heterocycles. The molecule has 0 aliphatic rings. The number of carbonyl (C=O) groups is 2. The number of benzene rings is 2. The summed E-state index contributed by atoms with van der Waals surface area (Å²) in [5, 5.41) is 20.8. The highest BCUT2D eigenvalue weighted by Crippen LogP contribution is 2.22. The molecular weight excluding hydrogens is 277 g/mol. The van der Waals surface area contributed by atoms with Crippen molar-refractivity contribution in [1.82, 2.24) is 0 Å². The van der Waals surface area contributed by atoms with Crippen LogP contribution in [-0.2, 0) is 0 Å². The van der Waals surface area contributed by atoms with E-state index in [2.05, 4.69) is 5.32 Å². The lowest BCUT2D eigenvalue weighted by atomic mass is 10.1. The number of hydrogen-bond donors (Lipinski definition) is 3. The van der Waals surface area contributed by atoms with Gasteiger partial charge in [0.15, 0.2) is 0 Å². The fraction of sp³-hybridized carbons (Fsp3) is 0.0667. The molecule has 0 unspecified atom stereocenters. The third-order valence-corrected chi connectivity index (χ3v) is 2.90. The van der Waals surface area contributed by atoms with Gasteiger partial charge in [0.2, 0.25) is 0 Å². The Morgan fingerprint density at radius 3 is 2.48 bits per heavy atom. The van der Waals surface area contributed by atoms with Crippen LogP contribution in [0.2, 0.25) is 0 Å². The second-order valence-electron chi connectivity index (χ2n) is 4.46. The van der Waals surface area contributed by atoms with Crippen LogP contribution in [0.4, 0.5) is 10.1 Å². The molecule has 0 spiro atoms. The second kappa shape index (κ2) is 5.62. The van der Waals surface area contributed by atoms with Gasteiger partial charge in [-0.25, -0.2) is 9.18 Å². The predicted molar refractivity (Wildman–Crippen MR) is 74.2 cm³/mol. The summed E-state index contributed by atoms with van der Waals surface area (Å²) in [7, 11) is 0. The molecule has 0 heterocycles. The summed E-state index contributed by atoms with van der Waals surface area (Å²) in [5.74, 6) is -2.61. The van der Waals surface area contributed by atoms with Crippen LogP contribution in [0.5, 0.6) is 5.75 Å². The van der Waals surface area contributed by atoms with Crippen LogP contribution in [-0.4, -0.2) is 22.1 Å². The smallest absolute Gasteiger partial charge is 0.339 e. The first-order valence-electron chi connectivity index (χ1n) is 6.02. The van der Waals surface area contributed by atoms with E-state index in [-0.39, 0.29) is 16.8 Å². The molecular formula is C15H12FNO4. The minimum Gasteiger partial charge on any atom is -0.507 e. The van der Waals surface area contributed by atoms with E-state index in [9.17, 15) is 19.1 Å². The first-order chi connectivity index (χ1) is 9.88. The van der Waals surface area contributed by atoms with Crippen molar-refractivity contribution < 1.29 is 24.2 Å². The zero-order chi connectivity index (χ0) is 15.6. The number of carboxylic acid groups (broad SMARTS) is 1. The Morgan fingerprint density at radius 1 is 1.14 bits per heavy atom. The predicted octanol–water partition coefficient (Wildman–Crippen LogP) is 2.79. The highest BCUT2D eigenvalue weighted by atomic mass is 19.1. The summed E-state index contributed by atoms with van der Waals surface area (Å²) in [6.45, 7) is 1.54. The summed E-state index contributed by atoms with van der Waals surface area (Å²) in [5.41, 5.74) is 0.485. The number of amides is 1. The lowest BCUT2D eigenvalue weighted by Crippen LogP contribution is -2.12. The van der Waals surface area contributed by atoms with Crippen LogP contribution in [0.15, 0.2) is 36.4 Å². The van der Waals surface area contributed by atoms with Gasteiger partial charge in [-0.2, -0.15) is 0 Å². The average Bonchev–Trinajstić information content (AvgIpc) is 2.43. The van der Waals surface area contributed by atoms with E-state index in [0.717, 1.165) is 6.07 Å². The van der Waals surface area contributed by atoms with E-state index in [1.165, 1.54) is 37.3 Å². The summed E-state index contributed by atoms with van der Waals surface area (Å²) in [6.07, 6.45) is 0. The molecule has 6 heteroatoms. The molecule has 0 aliphatic carbocycles. The Hall–Kier alpha value is -2.89. The molecule has 5 nitrogen and oxygen atoms in total. The maximum atomic E-state index is 13.2. The van der Waals surface area contributed by atoms with Crippen LogP contribution in [0.25, 0.3) is 0 Å². The molecule has 2 aromatic carbocycles. The van der Waals surface area contributed by atoms with E-state index in [1.807, 2.05) is 0 Å². The SMILES string of the molecule is Cc1cc(C(=O)Nc2ccc(O)c(C(=O)O)c2)ccc1F. The van der Waals surface area contributed by atoms with Crippen molar-refractivity contribution in [2.75, 3.05) is 5.32 Å². The van der Waals surface area contributed by atoms with Crippen molar-refractivity contribution in [2.24, 2.45) is 0 Å². The molecule has 0 saturated carbocycles. The number of nitrogens with one attached hydrogen (secondary N) is 1. The summed E-state index contributed by atoms with van der Waals surface area (Å²) >= 11 is 0. The second-order valence-corrected chi connectivity index (χ2v) is 4.46. The zero-order valence-corrected chi connectivity index (χ0v) is 11.1. The molecule has 3 N–H and O–H groups in total. The summed E-state index contributed by atoms with van der Waals surface area (Å²) < 4.78 is 13.2. The number of carbonyl (C=O) groups excluding carboxylic acids is 1. The highest BCUT2D eigenvalue weighted by molar-refractivity contribution is 6.05. The van der Waals surface area contributed by atoms with E-state index < -0.39 is 23.4 Å². The normalized spacial score (nSPS) is 10.2. The number of aromatic hydroxyl groups is 1. The Morgan fingerprint density at radius 2 is 1.86 bits per heavy atom. The van der Waals surface area contributed by atoms with E-state index in [4.69, 9.17) is 5.11 Å². The molecule has 0 fully saturated rings. The van der Waals surface area contributed by atoms with Crippen molar-refractivity contribution in [3.05, 3.63) is 58.9 Å². The number of aryl methyl sites for hydroxylation is 1. The van der Waals surface area contributed by atoms with Gasteiger partial charge in [-0.05, 0) is 48.9 Å². The van der Waals surface area contributed by atoms with Crippen LogP contribution < -0.4 is 5.32 Å². The number of phenols is 1. The van der Waals surface area contributed by atoms with Crippen molar-refractivity contribution in [1.29, 1.82) is 0 Å². The van der Waals surface area contributed by atoms with Crippen LogP contribution in [0, 0.1) is 12.7 Å². The van der Waals surface area contributed by atoms with Crippen LogP contribution in [0.1, 0.15) is 26.3 Å². The molecule has 0 aliphatic heterocycles. The molecule has 0 bridgehead atoms. The largest absolute Gasteiger partial charge is 0.507 e. The van der Waals surface area contributed by atoms with E-state index in [0.29, 0.717) is 5.56 Å². The van der Waals surface area contributed by atoms with Gasteiger partial charge < -0.3 is 15.5 Å². The number of aromatic carboxylic acids is 1. The number of hydrogen-bond acceptors (Lipinski definition) is 3. The monoisotopic (exact) mass is 289 g/mol. The van der Waals surface area contributed by atoms with Crippen molar-refractivity contribution in [3.8, 4) is 5.75 Å². The van der Waals surface area contributed by atoms with Crippen molar-refractivity contribution in [2.45, 2.75) is 6.92 Å². The van der Waals surface area contributed by atoms with Gasteiger partial charge in [-0.3, -0.25) is 4.79 Å². The van der Waals surface area contributed by atoms with Crippen molar-refractivity contribution >= 4 is 17.6 Å². The average molecular weight is 289 g/mol. The molecule has 0 saturated heterocycles. The minimum absolute atomic E-state index is 0.220. The first-order valence-corrected chi connectivity index (χ1v) is 6.02. The van der Waals surface area contributed by atoms with Gasteiger partial charge in [-0.15, -0.1) is 0 Å². The number of carboxylic acids is 1. The Labute approximate surface area is 119 Å². The number of halogens is 1. The standard InChI is InChI=1S/C15H12FNO4/c1-8-6-9(2-4-12(8)16)14(19)17-10-3-5-13(18)11(7-10)15(20)21/h2-7,18H,1H3,(H,17,19)(H,20,21). The van der Waals surface area contributed by atoms with E-state index in [1.54, 1.807) is 0 Å². The quantitative estimate of drug-likeness (QED) is 0.758. The molecule has 108 valence electrons. The minimum atomic E-state index is -1.30. The maximum absolute atomic E-state index is 13.2. The fourth-order valence-corrected chi connectivity index (χ4v) is 1.77. The third kappa shape index (κ3) is 3.17. The van der Waals surface area contributed by atoms with Gasteiger partial charge in [0.1, 0.15) is 17.1 Å². The van der Waals surface area contributed by atoms with Gasteiger partial charge >= 0.3 is 5.97 Å². The highest BCUT2D eigenvalue weighted by Gasteiger charge is 2.13. The van der Waals surface area contributed by atoms with Gasteiger partial charge in [0.05, 0.1) is 0 Å². The number of anilines is 1. The Bertz CT molecular complexity index is 728. The van der Waals surface area contributed by atoms with Gasteiger partial charge in [-0.1, -0.05) is 0 Å². The first kappa shape index (κ1) is 14.5. The lowest BCUT2D eigenvalue weighted by Gasteiger charge is -2.08. The zero-order valence-electron chi connectivity index (χ0n) is 11.1. The van der Waals surface area contributed by atoms with Crippen molar-refractivity contribution in [3.63, 3.8) is 0 Å². The third-order valence-electron chi connectivity index (χ3n) is 2.90. The Balaban J connectivity index is 2.25. The maximum Gasteiger partial charge on any atom is 0.339 e. The van der Waals surface area contributed by atoms with Crippen LogP contribution >= 0.6 is 0 Å². The lowest BCUT2D eigenvalue weighted by molar-refractivity contribution is 0.0693. The summed E-state index contributed by atoms with van der Waals surface area (Å²) in [6, 6.07) is 7.60. The topological polar surface area (TPSA) is 86.6 Å². The van der Waals surface area contributed by atoms with Gasteiger partial charge in [0.25, 0.3) is 5.91 Å². The molecule has 0 radical (unpaired) electrons. The van der Waals surface area contributed by atoms with Crippen LogP contribution in [0.3, 0.4) is 0 Å². The fourth-order valence-electron chi connectivity index (χ4n) is 1.77.